The Kier molecular flexibility index (Phi) is 7.32. The van der Waals surface area contributed by atoms with Gasteiger partial charge in [0.05, 0.1) is 6.61 Å². The number of hydrogen-bond acceptors (Lipinski definition) is 3. The first-order valence-corrected chi connectivity index (χ1v) is 10.1. The van der Waals surface area contributed by atoms with Crippen molar-refractivity contribution in [1.82, 2.24) is 0 Å². The first-order valence-electron chi connectivity index (χ1n) is 8.62. The second-order valence-corrected chi connectivity index (χ2v) is 7.65. The molecule has 0 unspecified atom stereocenters. The number of carbonyl (C=O) groups is 1. The minimum Gasteiger partial charge on any atom is -0.492 e. The van der Waals surface area contributed by atoms with Gasteiger partial charge in [0.2, 0.25) is 0 Å². The van der Waals surface area contributed by atoms with Gasteiger partial charge in [0.15, 0.2) is 6.61 Å². The quantitative estimate of drug-likeness (QED) is 0.418. The van der Waals surface area contributed by atoms with Gasteiger partial charge in [-0.05, 0) is 71.8 Å². The zero-order valence-corrected chi connectivity index (χ0v) is 17.8. The molecule has 0 atom stereocenters. The second kappa shape index (κ2) is 9.26. The summed E-state index contributed by atoms with van der Waals surface area (Å²) in [5, 5.41) is 8.85. The van der Waals surface area contributed by atoms with Crippen LogP contribution in [0.4, 0.5) is 0 Å². The first kappa shape index (κ1) is 20.6. The SMILES string of the molecule is Cc1cc(-c2ccc(OCC(=O)O)c(C(C)C)c2)cc(C)c1OCCI. The van der Waals surface area contributed by atoms with E-state index in [4.69, 9.17) is 14.6 Å². The molecule has 0 amide bonds. The lowest BCUT2D eigenvalue weighted by atomic mass is 9.94. The van der Waals surface area contributed by atoms with Crippen LogP contribution < -0.4 is 9.47 Å². The van der Waals surface area contributed by atoms with Crippen LogP contribution in [0.15, 0.2) is 30.3 Å². The maximum atomic E-state index is 10.8. The van der Waals surface area contributed by atoms with E-state index in [9.17, 15) is 4.79 Å². The molecule has 0 aliphatic heterocycles. The van der Waals surface area contributed by atoms with E-state index in [-0.39, 0.29) is 12.5 Å². The standard InChI is InChI=1S/C21H25IO4/c1-13(2)18-11-16(5-6-19(18)26-12-20(23)24)17-9-14(3)21(15(4)10-17)25-8-7-22/h5-6,9-11,13H,7-8,12H2,1-4H3,(H,23,24). The lowest BCUT2D eigenvalue weighted by Gasteiger charge is -2.17. The van der Waals surface area contributed by atoms with Crippen molar-refractivity contribution < 1.29 is 19.4 Å². The van der Waals surface area contributed by atoms with Crippen LogP contribution >= 0.6 is 22.6 Å². The van der Waals surface area contributed by atoms with Crippen LogP contribution in [0.3, 0.4) is 0 Å². The molecule has 0 fully saturated rings. The Balaban J connectivity index is 2.39. The summed E-state index contributed by atoms with van der Waals surface area (Å²) < 4.78 is 12.3. The maximum Gasteiger partial charge on any atom is 0.341 e. The number of ether oxygens (including phenoxy) is 2. The molecule has 0 aromatic heterocycles. The molecule has 4 nitrogen and oxygen atoms in total. The average molecular weight is 468 g/mol. The molecule has 26 heavy (non-hydrogen) atoms. The summed E-state index contributed by atoms with van der Waals surface area (Å²) in [6, 6.07) is 10.2. The van der Waals surface area contributed by atoms with Gasteiger partial charge in [-0.3, -0.25) is 0 Å². The highest BCUT2D eigenvalue weighted by Crippen LogP contribution is 2.35. The lowest BCUT2D eigenvalue weighted by molar-refractivity contribution is -0.139. The number of alkyl halides is 1. The number of carboxylic acid groups (broad SMARTS) is 1. The zero-order valence-electron chi connectivity index (χ0n) is 15.6. The molecule has 2 rings (SSSR count). The molecule has 140 valence electrons. The van der Waals surface area contributed by atoms with Gasteiger partial charge < -0.3 is 14.6 Å². The second-order valence-electron chi connectivity index (χ2n) is 6.57. The number of aryl methyl sites for hydroxylation is 2. The van der Waals surface area contributed by atoms with Crippen molar-refractivity contribution in [2.24, 2.45) is 0 Å². The Morgan fingerprint density at radius 2 is 1.73 bits per heavy atom. The number of hydrogen-bond donors (Lipinski definition) is 1. The lowest BCUT2D eigenvalue weighted by Crippen LogP contribution is -2.11. The molecule has 0 spiro atoms. The minimum atomic E-state index is -0.975. The third-order valence-electron chi connectivity index (χ3n) is 4.10. The van der Waals surface area contributed by atoms with Crippen molar-refractivity contribution in [1.29, 1.82) is 0 Å². The number of aliphatic carboxylic acids is 1. The molecule has 0 aliphatic rings. The molecule has 0 heterocycles. The highest BCUT2D eigenvalue weighted by atomic mass is 127. The van der Waals surface area contributed by atoms with Crippen molar-refractivity contribution in [3.8, 4) is 22.6 Å². The summed E-state index contributed by atoms with van der Waals surface area (Å²) in [6.07, 6.45) is 0. The summed E-state index contributed by atoms with van der Waals surface area (Å²) in [5.41, 5.74) is 5.44. The fourth-order valence-corrected chi connectivity index (χ4v) is 3.16. The monoisotopic (exact) mass is 468 g/mol. The maximum absolute atomic E-state index is 10.8. The van der Waals surface area contributed by atoms with E-state index in [2.05, 4.69) is 68.5 Å². The molecule has 2 aromatic rings. The average Bonchev–Trinajstić information content (AvgIpc) is 2.58. The Morgan fingerprint density at radius 1 is 1.08 bits per heavy atom. The van der Waals surface area contributed by atoms with E-state index in [1.807, 2.05) is 12.1 Å². The van der Waals surface area contributed by atoms with Gasteiger partial charge in [-0.15, -0.1) is 0 Å². The summed E-state index contributed by atoms with van der Waals surface area (Å²) in [7, 11) is 0. The molecular weight excluding hydrogens is 443 g/mol. The minimum absolute atomic E-state index is 0.229. The molecule has 0 saturated carbocycles. The zero-order chi connectivity index (χ0) is 19.3. The highest BCUT2D eigenvalue weighted by molar-refractivity contribution is 14.1. The predicted molar refractivity (Wildman–Crippen MR) is 113 cm³/mol. The molecule has 5 heteroatoms. The molecule has 0 aliphatic carbocycles. The van der Waals surface area contributed by atoms with E-state index in [0.29, 0.717) is 12.4 Å². The largest absolute Gasteiger partial charge is 0.492 e. The summed E-state index contributed by atoms with van der Waals surface area (Å²) in [6.45, 7) is 8.64. The molecule has 0 bridgehead atoms. The number of carboxylic acids is 1. The normalized spacial score (nSPS) is 10.8. The van der Waals surface area contributed by atoms with Crippen molar-refractivity contribution in [2.75, 3.05) is 17.6 Å². The van der Waals surface area contributed by atoms with Gasteiger partial charge in [-0.2, -0.15) is 0 Å². The van der Waals surface area contributed by atoms with Crippen molar-refractivity contribution in [3.63, 3.8) is 0 Å². The van der Waals surface area contributed by atoms with E-state index >= 15 is 0 Å². The van der Waals surface area contributed by atoms with Crippen molar-refractivity contribution >= 4 is 28.6 Å². The van der Waals surface area contributed by atoms with Gasteiger partial charge in [-0.25, -0.2) is 4.79 Å². The van der Waals surface area contributed by atoms with E-state index < -0.39 is 5.97 Å². The van der Waals surface area contributed by atoms with Gasteiger partial charge in [-0.1, -0.05) is 42.5 Å². The van der Waals surface area contributed by atoms with Crippen LogP contribution in [0.1, 0.15) is 36.5 Å². The predicted octanol–water partition coefficient (Wildman–Crippen LogP) is 5.37. The van der Waals surface area contributed by atoms with Crippen LogP contribution in [0, 0.1) is 13.8 Å². The van der Waals surface area contributed by atoms with E-state index in [0.717, 1.165) is 38.0 Å². The van der Waals surface area contributed by atoms with Crippen molar-refractivity contribution in [3.05, 3.63) is 47.0 Å². The van der Waals surface area contributed by atoms with E-state index in [1.165, 1.54) is 0 Å². The Bertz CT molecular complexity index is 761. The number of halogens is 1. The third-order valence-corrected chi connectivity index (χ3v) is 4.54. The highest BCUT2D eigenvalue weighted by Gasteiger charge is 2.13. The van der Waals surface area contributed by atoms with Gasteiger partial charge in [0.25, 0.3) is 0 Å². The summed E-state index contributed by atoms with van der Waals surface area (Å²) >= 11 is 2.30. The molecular formula is C21H25IO4. The smallest absolute Gasteiger partial charge is 0.341 e. The van der Waals surface area contributed by atoms with Crippen LogP contribution in [0.5, 0.6) is 11.5 Å². The summed E-state index contributed by atoms with van der Waals surface area (Å²) in [5.74, 6) is 0.835. The third kappa shape index (κ3) is 5.13. The van der Waals surface area contributed by atoms with Crippen LogP contribution in [-0.4, -0.2) is 28.7 Å². The Hall–Kier alpha value is -1.76. The Labute approximate surface area is 168 Å². The Morgan fingerprint density at radius 3 is 2.27 bits per heavy atom. The first-order chi connectivity index (χ1) is 12.3. The molecule has 0 saturated heterocycles. The fraction of sp³-hybridized carbons (Fsp3) is 0.381. The van der Waals surface area contributed by atoms with Gasteiger partial charge in [0.1, 0.15) is 11.5 Å². The fourth-order valence-electron chi connectivity index (χ4n) is 2.94. The number of benzene rings is 2. The molecule has 0 radical (unpaired) electrons. The van der Waals surface area contributed by atoms with Crippen LogP contribution in [0.2, 0.25) is 0 Å². The van der Waals surface area contributed by atoms with Gasteiger partial charge in [0, 0.05) is 4.43 Å². The van der Waals surface area contributed by atoms with Crippen LogP contribution in [0.25, 0.3) is 11.1 Å². The van der Waals surface area contributed by atoms with Gasteiger partial charge >= 0.3 is 5.97 Å². The molecule has 2 aromatic carbocycles. The molecule has 1 N–H and O–H groups in total. The topological polar surface area (TPSA) is 55.8 Å². The number of rotatable bonds is 8. The van der Waals surface area contributed by atoms with Crippen molar-refractivity contribution in [2.45, 2.75) is 33.6 Å². The van der Waals surface area contributed by atoms with Crippen LogP contribution in [-0.2, 0) is 4.79 Å². The summed E-state index contributed by atoms with van der Waals surface area (Å²) in [4.78, 5) is 10.8. The van der Waals surface area contributed by atoms with E-state index in [1.54, 1.807) is 0 Å².